The van der Waals surface area contributed by atoms with E-state index >= 15 is 0 Å². The minimum Gasteiger partial charge on any atom is -0.466 e. The van der Waals surface area contributed by atoms with Gasteiger partial charge in [0.2, 0.25) is 5.91 Å². The van der Waals surface area contributed by atoms with E-state index < -0.39 is 29.6 Å². The van der Waals surface area contributed by atoms with Crippen LogP contribution in [0.2, 0.25) is 0 Å². The first-order valence-electron chi connectivity index (χ1n) is 10.6. The summed E-state index contributed by atoms with van der Waals surface area (Å²) in [5, 5.41) is 11.9. The Kier molecular flexibility index (Phi) is 7.00. The fraction of sp³-hybridized carbons (Fsp3) is 0.522. The summed E-state index contributed by atoms with van der Waals surface area (Å²) in [6, 6.07) is 7.99. The number of nitrogens with zero attached hydrogens (tertiary/aromatic N) is 1. The van der Waals surface area contributed by atoms with Crippen LogP contribution in [-0.2, 0) is 30.3 Å². The van der Waals surface area contributed by atoms with E-state index in [2.05, 4.69) is 4.98 Å². The van der Waals surface area contributed by atoms with Gasteiger partial charge in [0.1, 0.15) is 0 Å². The van der Waals surface area contributed by atoms with Gasteiger partial charge in [0.25, 0.3) is 0 Å². The van der Waals surface area contributed by atoms with Gasteiger partial charge in [-0.15, -0.1) is 0 Å². The summed E-state index contributed by atoms with van der Waals surface area (Å²) in [6.07, 6.45) is 1.03. The number of fused-ring (bicyclic) bond motifs is 1. The molecule has 1 saturated heterocycles. The molecule has 31 heavy (non-hydrogen) atoms. The second-order valence-electron chi connectivity index (χ2n) is 8.04. The lowest BCUT2D eigenvalue weighted by atomic mass is 9.70. The fourth-order valence-electron chi connectivity index (χ4n) is 4.51. The summed E-state index contributed by atoms with van der Waals surface area (Å²) in [5.41, 5.74) is 0.944. The van der Waals surface area contributed by atoms with Crippen LogP contribution in [0.1, 0.15) is 38.7 Å². The molecule has 0 aliphatic carbocycles. The van der Waals surface area contributed by atoms with E-state index in [1.807, 2.05) is 30.5 Å². The predicted molar refractivity (Wildman–Crippen MR) is 114 cm³/mol. The van der Waals surface area contributed by atoms with E-state index in [1.165, 1.54) is 14.0 Å². The highest BCUT2D eigenvalue weighted by Crippen LogP contribution is 2.40. The lowest BCUT2D eigenvalue weighted by Crippen LogP contribution is -2.58. The fourth-order valence-corrected chi connectivity index (χ4v) is 4.51. The zero-order valence-corrected chi connectivity index (χ0v) is 18.2. The van der Waals surface area contributed by atoms with Crippen molar-refractivity contribution in [3.63, 3.8) is 0 Å². The Bertz CT molecular complexity index is 954. The van der Waals surface area contributed by atoms with E-state index in [-0.39, 0.29) is 12.3 Å². The number of hydrogen-bond acceptors (Lipinski definition) is 6. The van der Waals surface area contributed by atoms with Crippen LogP contribution in [0, 0.1) is 5.41 Å². The van der Waals surface area contributed by atoms with Crippen LogP contribution in [0.3, 0.4) is 0 Å². The quantitative estimate of drug-likeness (QED) is 0.622. The Morgan fingerprint density at radius 2 is 2.10 bits per heavy atom. The van der Waals surface area contributed by atoms with Crippen LogP contribution in [0.15, 0.2) is 30.5 Å². The molecule has 1 aromatic carbocycles. The van der Waals surface area contributed by atoms with Gasteiger partial charge in [-0.3, -0.25) is 9.59 Å². The normalized spacial score (nSPS) is 22.4. The summed E-state index contributed by atoms with van der Waals surface area (Å²) in [6.45, 7) is 3.92. The molecule has 0 saturated carbocycles. The number of aromatic amines is 1. The number of nitrogens with one attached hydrogen (secondary N) is 1. The monoisotopic (exact) mass is 430 g/mol. The third kappa shape index (κ3) is 4.58. The summed E-state index contributed by atoms with van der Waals surface area (Å²) >= 11 is 0. The zero-order valence-electron chi connectivity index (χ0n) is 18.2. The number of aromatic nitrogens is 1. The molecule has 1 aliphatic rings. The second kappa shape index (κ2) is 9.51. The van der Waals surface area contributed by atoms with Crippen molar-refractivity contribution in [1.82, 2.24) is 9.88 Å². The first-order chi connectivity index (χ1) is 14.8. The minimum atomic E-state index is -1.24. The molecule has 1 aliphatic heterocycles. The zero-order chi connectivity index (χ0) is 22.6. The van der Waals surface area contributed by atoms with Crippen molar-refractivity contribution in [2.75, 3.05) is 20.2 Å². The first-order valence-corrected chi connectivity index (χ1v) is 10.6. The summed E-state index contributed by atoms with van der Waals surface area (Å²) in [7, 11) is 1.20. The van der Waals surface area contributed by atoms with E-state index in [0.29, 0.717) is 32.4 Å². The van der Waals surface area contributed by atoms with E-state index in [4.69, 9.17) is 9.47 Å². The number of piperidine rings is 1. The Hall–Kier alpha value is -2.87. The molecule has 1 aromatic heterocycles. The third-order valence-corrected chi connectivity index (χ3v) is 6.30. The van der Waals surface area contributed by atoms with E-state index in [9.17, 15) is 19.5 Å². The summed E-state index contributed by atoms with van der Waals surface area (Å²) in [4.78, 5) is 42.1. The molecule has 8 nitrogen and oxygen atoms in total. The second-order valence-corrected chi connectivity index (χ2v) is 8.04. The summed E-state index contributed by atoms with van der Waals surface area (Å²) in [5.74, 6) is -1.61. The number of benzene rings is 1. The molecule has 1 amide bonds. The first kappa shape index (κ1) is 22.8. The number of hydrogen-bond donors (Lipinski definition) is 2. The Labute approximate surface area is 181 Å². The number of carbonyl (C=O) groups is 3. The number of para-hydroxylation sites is 1. The number of aliphatic hydroxyl groups excluding tert-OH is 1. The molecule has 2 heterocycles. The molecule has 0 bridgehead atoms. The van der Waals surface area contributed by atoms with Crippen LogP contribution in [0.5, 0.6) is 0 Å². The number of ether oxygens (including phenoxy) is 2. The Morgan fingerprint density at radius 1 is 1.35 bits per heavy atom. The highest BCUT2D eigenvalue weighted by atomic mass is 16.6. The van der Waals surface area contributed by atoms with E-state index in [1.54, 1.807) is 11.8 Å². The number of H-pyrrole nitrogens is 1. The molecule has 3 rings (SSSR count). The molecule has 168 valence electrons. The lowest BCUT2D eigenvalue weighted by Gasteiger charge is -2.45. The molecule has 3 atom stereocenters. The van der Waals surface area contributed by atoms with Crippen molar-refractivity contribution in [3.05, 3.63) is 36.0 Å². The molecule has 0 radical (unpaired) electrons. The van der Waals surface area contributed by atoms with Crippen molar-refractivity contribution < 1.29 is 29.0 Å². The van der Waals surface area contributed by atoms with Gasteiger partial charge in [0.05, 0.1) is 18.6 Å². The van der Waals surface area contributed by atoms with Crippen molar-refractivity contribution in [2.24, 2.45) is 5.41 Å². The average molecular weight is 431 g/mol. The van der Waals surface area contributed by atoms with Crippen molar-refractivity contribution in [1.29, 1.82) is 0 Å². The van der Waals surface area contributed by atoms with Crippen LogP contribution < -0.4 is 0 Å². The van der Waals surface area contributed by atoms with Gasteiger partial charge in [-0.1, -0.05) is 25.1 Å². The molecule has 8 heteroatoms. The van der Waals surface area contributed by atoms with Crippen molar-refractivity contribution >= 4 is 28.7 Å². The van der Waals surface area contributed by atoms with E-state index in [0.717, 1.165) is 16.5 Å². The van der Waals surface area contributed by atoms with Crippen LogP contribution in [0.25, 0.3) is 10.9 Å². The minimum absolute atomic E-state index is 0.112. The largest absolute Gasteiger partial charge is 0.466 e. The standard InChI is InChI=1S/C23H30N2O6/c1-4-23(13-19(21(28)30-3)31-15(2)26)20(27)10-12-25(22(23)29)11-9-16-14-24-18-8-6-5-7-17(16)18/h5-8,14,19-20,24,27H,4,9-13H2,1-3H3/t19-,20+,23-/m1/s1. The van der Waals surface area contributed by atoms with Gasteiger partial charge < -0.3 is 24.5 Å². The number of likely N-dealkylation sites (tertiary alicyclic amines) is 1. The number of esters is 2. The molecular weight excluding hydrogens is 400 g/mol. The highest BCUT2D eigenvalue weighted by molar-refractivity contribution is 5.87. The maximum atomic E-state index is 13.5. The van der Waals surface area contributed by atoms with Gasteiger partial charge in [-0.05, 0) is 30.9 Å². The third-order valence-electron chi connectivity index (χ3n) is 6.30. The van der Waals surface area contributed by atoms with Gasteiger partial charge >= 0.3 is 11.9 Å². The van der Waals surface area contributed by atoms with Gasteiger partial charge in [0.15, 0.2) is 6.10 Å². The Balaban J connectivity index is 1.79. The van der Waals surface area contributed by atoms with Crippen molar-refractivity contribution in [3.8, 4) is 0 Å². The number of rotatable bonds is 8. The van der Waals surface area contributed by atoms with Crippen molar-refractivity contribution in [2.45, 2.75) is 51.7 Å². The topological polar surface area (TPSA) is 109 Å². The maximum absolute atomic E-state index is 13.5. The van der Waals surface area contributed by atoms with Crippen LogP contribution in [-0.4, -0.2) is 65.2 Å². The maximum Gasteiger partial charge on any atom is 0.347 e. The summed E-state index contributed by atoms with van der Waals surface area (Å²) < 4.78 is 9.88. The number of amides is 1. The molecule has 0 unspecified atom stereocenters. The Morgan fingerprint density at radius 3 is 2.77 bits per heavy atom. The van der Waals surface area contributed by atoms with Gasteiger partial charge in [-0.2, -0.15) is 0 Å². The van der Waals surface area contributed by atoms with Gasteiger partial charge in [0, 0.05) is 43.5 Å². The molecule has 0 spiro atoms. The number of aliphatic hydroxyl groups is 1. The molecule has 1 fully saturated rings. The van der Waals surface area contributed by atoms with Crippen LogP contribution in [0.4, 0.5) is 0 Å². The number of carbonyl (C=O) groups excluding carboxylic acids is 3. The lowest BCUT2D eigenvalue weighted by molar-refractivity contribution is -0.176. The average Bonchev–Trinajstić information content (AvgIpc) is 3.17. The highest BCUT2D eigenvalue weighted by Gasteiger charge is 2.51. The molecule has 2 N–H and O–H groups in total. The van der Waals surface area contributed by atoms with Crippen LogP contribution >= 0.6 is 0 Å². The predicted octanol–water partition coefficient (Wildman–Crippen LogP) is 2.19. The number of methoxy groups -OCH3 is 1. The smallest absolute Gasteiger partial charge is 0.347 e. The SMILES string of the molecule is CC[C@]1(C[C@@H](OC(C)=O)C(=O)OC)C(=O)N(CCc2c[nH]c3ccccc23)CC[C@@H]1O. The molecule has 2 aromatic rings. The van der Waals surface area contributed by atoms with Gasteiger partial charge in [-0.25, -0.2) is 4.79 Å². The molecular formula is C23H30N2O6.